The van der Waals surface area contributed by atoms with Crippen LogP contribution in [0.2, 0.25) is 0 Å². The molecule has 2 aliphatic heterocycles. The van der Waals surface area contributed by atoms with E-state index in [4.69, 9.17) is 24.8 Å². The van der Waals surface area contributed by atoms with Gasteiger partial charge < -0.3 is 25.7 Å². The van der Waals surface area contributed by atoms with E-state index in [2.05, 4.69) is 19.7 Å². The van der Waals surface area contributed by atoms with Crippen LogP contribution in [-0.2, 0) is 40.3 Å². The number of fused-ring (bicyclic) bond motifs is 1. The van der Waals surface area contributed by atoms with Gasteiger partial charge in [-0.25, -0.2) is 9.78 Å². The van der Waals surface area contributed by atoms with Crippen LogP contribution in [0.4, 0.5) is 5.13 Å². The van der Waals surface area contributed by atoms with Gasteiger partial charge in [0.15, 0.2) is 16.6 Å². The van der Waals surface area contributed by atoms with Gasteiger partial charge >= 0.3 is 16.4 Å². The summed E-state index contributed by atoms with van der Waals surface area (Å²) in [5.74, 6) is -3.09. The zero-order valence-corrected chi connectivity index (χ0v) is 26.4. The Bertz CT molecular complexity index is 1790. The maximum Gasteiger partial charge on any atom is 0.418 e. The van der Waals surface area contributed by atoms with Crippen molar-refractivity contribution in [3.8, 4) is 5.75 Å². The number of rotatable bonds is 15. The average Bonchev–Trinajstić information content (AvgIpc) is 3.40. The second-order valence-corrected chi connectivity index (χ2v) is 13.3. The van der Waals surface area contributed by atoms with Crippen molar-refractivity contribution in [2.24, 2.45) is 17.0 Å². The van der Waals surface area contributed by atoms with Crippen molar-refractivity contribution in [2.75, 3.05) is 25.4 Å². The Morgan fingerprint density at radius 3 is 2.61 bits per heavy atom. The number of carbonyl (C=O) groups is 3. The molecule has 5 rings (SSSR count). The maximum absolute atomic E-state index is 13.3. The minimum Gasteiger partial charge on any atom is -0.489 e. The number of Topliss-reactive ketones (excluding diaryl/α,β-unsaturated/α-hetero) is 1. The zero-order chi connectivity index (χ0) is 33.2. The number of benzene rings is 1. The first kappa shape index (κ1) is 33.1. The Morgan fingerprint density at radius 1 is 1.24 bits per heavy atom. The molecule has 3 aromatic rings. The molecular weight excluding hydrogens is 644 g/mol. The summed E-state index contributed by atoms with van der Waals surface area (Å²) in [6.45, 7) is 4.46. The van der Waals surface area contributed by atoms with Crippen LogP contribution in [0.25, 0.3) is 10.9 Å². The van der Waals surface area contributed by atoms with Crippen LogP contribution in [0.5, 0.6) is 5.75 Å². The van der Waals surface area contributed by atoms with E-state index in [0.717, 1.165) is 53.9 Å². The van der Waals surface area contributed by atoms with Gasteiger partial charge in [-0.15, -0.1) is 15.6 Å². The summed E-state index contributed by atoms with van der Waals surface area (Å²) < 4.78 is 41.2. The van der Waals surface area contributed by atoms with E-state index < -0.39 is 64.4 Å². The number of hydroxylamine groups is 2. The number of carboxylic acids is 1. The smallest absolute Gasteiger partial charge is 0.418 e. The lowest BCUT2D eigenvalue weighted by molar-refractivity contribution is -0.228. The molecule has 1 aromatic carbocycles. The Labute approximate surface area is 267 Å². The van der Waals surface area contributed by atoms with Crippen LogP contribution in [0.15, 0.2) is 40.9 Å². The molecule has 2 aromatic heterocycles. The van der Waals surface area contributed by atoms with Gasteiger partial charge in [0.1, 0.15) is 18.1 Å². The Balaban J connectivity index is 1.26. The highest BCUT2D eigenvalue weighted by atomic mass is 32.3. The summed E-state index contributed by atoms with van der Waals surface area (Å²) >= 11 is 0.993. The van der Waals surface area contributed by atoms with E-state index in [9.17, 15) is 27.9 Å². The molecule has 246 valence electrons. The Kier molecular flexibility index (Phi) is 9.54. The van der Waals surface area contributed by atoms with Gasteiger partial charge in [-0.1, -0.05) is 11.2 Å². The van der Waals surface area contributed by atoms with Crippen molar-refractivity contribution in [1.29, 1.82) is 0 Å². The van der Waals surface area contributed by atoms with E-state index in [-0.39, 0.29) is 10.8 Å². The molecule has 2 saturated heterocycles. The summed E-state index contributed by atoms with van der Waals surface area (Å²) in [4.78, 5) is 51.9. The number of carbonyl (C=O) groups excluding carboxylic acids is 2. The number of aromatic nitrogens is 2. The number of amides is 1. The Morgan fingerprint density at radius 2 is 2.00 bits per heavy atom. The summed E-state index contributed by atoms with van der Waals surface area (Å²) in [6.07, 6.45) is -0.186. The number of carboxylic acid groups (broad SMARTS) is 1. The minimum absolute atomic E-state index is 0.0149. The molecule has 0 aliphatic carbocycles. The van der Waals surface area contributed by atoms with Gasteiger partial charge in [-0.05, 0) is 70.0 Å². The van der Waals surface area contributed by atoms with E-state index in [1.807, 2.05) is 12.1 Å². The second kappa shape index (κ2) is 13.2. The number of nitrogens with one attached hydrogen (secondary N) is 1. The number of nitrogen functional groups attached to an aromatic ring is 1. The number of oxime groups is 1. The van der Waals surface area contributed by atoms with Crippen molar-refractivity contribution in [3.63, 3.8) is 0 Å². The standard InChI is InChI=1S/C28H32N6O10S2/c1-28(2)19(25(36)34(28)44-46(39,40)41)10-22(35)24(21-14-45-27(29)32-21)33-43-23(26(37)38)13-42-18-7-8-20-16(9-18)4-6-17(31-20)5-3-15-11-30-12-15/h4,6-9,14-15,19,23,30H,3,5,10-13H2,1-2H3,(H2,29,32)(H,37,38)(H,39,40,41)/b33-24-. The summed E-state index contributed by atoms with van der Waals surface area (Å²) in [6, 6.07) is 9.05. The molecule has 16 nitrogen and oxygen atoms in total. The molecule has 2 unspecified atom stereocenters. The quantitative estimate of drug-likeness (QED) is 0.0775. The van der Waals surface area contributed by atoms with Crippen LogP contribution in [-0.4, -0.2) is 87.8 Å². The molecule has 2 fully saturated rings. The van der Waals surface area contributed by atoms with Crippen molar-refractivity contribution in [3.05, 3.63) is 47.1 Å². The molecule has 2 atom stereocenters. The lowest BCUT2D eigenvalue weighted by Gasteiger charge is -2.50. The molecule has 0 bridgehead atoms. The van der Waals surface area contributed by atoms with Crippen LogP contribution in [0.1, 0.15) is 38.1 Å². The van der Waals surface area contributed by atoms with Gasteiger partial charge in [-0.2, -0.15) is 13.5 Å². The third-order valence-electron chi connectivity index (χ3n) is 7.80. The van der Waals surface area contributed by atoms with Gasteiger partial charge in [0.05, 0.1) is 17.0 Å². The van der Waals surface area contributed by atoms with Gasteiger partial charge in [0.25, 0.3) is 12.0 Å². The monoisotopic (exact) mass is 676 g/mol. The van der Waals surface area contributed by atoms with E-state index in [0.29, 0.717) is 16.7 Å². The largest absolute Gasteiger partial charge is 0.489 e. The molecule has 1 amide bonds. The number of β-lactam (4-membered cyclic amide) rings is 1. The molecule has 46 heavy (non-hydrogen) atoms. The Hall–Kier alpha value is -4.23. The number of nitrogens with two attached hydrogens (primary N) is 1. The number of ether oxygens (including phenoxy) is 1. The number of anilines is 1. The van der Waals surface area contributed by atoms with Gasteiger partial charge in [0, 0.05) is 22.9 Å². The van der Waals surface area contributed by atoms with Gasteiger partial charge in [0.2, 0.25) is 0 Å². The van der Waals surface area contributed by atoms with Crippen LogP contribution in [0, 0.1) is 11.8 Å². The molecule has 18 heteroatoms. The molecule has 4 heterocycles. The zero-order valence-electron chi connectivity index (χ0n) is 24.8. The highest BCUT2D eigenvalue weighted by Gasteiger charge is 2.57. The number of thiazole rings is 1. The molecule has 0 radical (unpaired) electrons. The molecule has 0 saturated carbocycles. The third-order valence-corrected chi connectivity index (χ3v) is 8.81. The van der Waals surface area contributed by atoms with E-state index >= 15 is 0 Å². The lowest BCUT2D eigenvalue weighted by atomic mass is 9.74. The lowest BCUT2D eigenvalue weighted by Crippen LogP contribution is -2.68. The summed E-state index contributed by atoms with van der Waals surface area (Å²) in [5.41, 5.74) is 5.76. The number of aryl methyl sites for hydroxylation is 1. The molecular formula is C28H32N6O10S2. The average molecular weight is 677 g/mol. The maximum atomic E-state index is 13.3. The third kappa shape index (κ3) is 7.59. The normalized spacial score (nSPS) is 18.9. The number of nitrogens with zero attached hydrogens (tertiary/aromatic N) is 4. The summed E-state index contributed by atoms with van der Waals surface area (Å²) in [7, 11) is -4.98. The first-order chi connectivity index (χ1) is 21.7. The molecule has 5 N–H and O–H groups in total. The first-order valence-electron chi connectivity index (χ1n) is 14.2. The van der Waals surface area contributed by atoms with Gasteiger partial charge in [-0.3, -0.25) is 19.1 Å². The van der Waals surface area contributed by atoms with Crippen molar-refractivity contribution < 1.29 is 46.3 Å². The van der Waals surface area contributed by atoms with Crippen LogP contribution in [0.3, 0.4) is 0 Å². The van der Waals surface area contributed by atoms with Crippen molar-refractivity contribution in [1.82, 2.24) is 20.3 Å². The number of pyridine rings is 1. The van der Waals surface area contributed by atoms with Crippen LogP contribution >= 0.6 is 11.3 Å². The molecule has 2 aliphatic rings. The summed E-state index contributed by atoms with van der Waals surface area (Å²) in [5, 5.41) is 19.6. The van der Waals surface area contributed by atoms with E-state index in [1.165, 1.54) is 19.2 Å². The number of aliphatic carboxylic acids is 1. The van der Waals surface area contributed by atoms with E-state index in [1.54, 1.807) is 18.2 Å². The number of ketones is 1. The first-order valence-corrected chi connectivity index (χ1v) is 16.4. The highest BCUT2D eigenvalue weighted by molar-refractivity contribution is 7.80. The number of hydrogen-bond donors (Lipinski definition) is 4. The molecule has 0 spiro atoms. The minimum atomic E-state index is -4.98. The number of hydrogen-bond acceptors (Lipinski definition) is 14. The SMILES string of the molecule is CC1(C)C(CC(=O)/C(=N\OC(COc2ccc3nc(CCC4CNC4)ccc3c2)C(=O)O)c2csc(N)n2)C(=O)N1OS(=O)(=O)O. The fourth-order valence-electron chi connectivity index (χ4n) is 5.00. The topological polar surface area (TPSA) is 233 Å². The van der Waals surface area contributed by atoms with Crippen molar-refractivity contribution >= 4 is 61.1 Å². The second-order valence-electron chi connectivity index (χ2n) is 11.4. The fourth-order valence-corrected chi connectivity index (χ4v) is 6.00. The highest BCUT2D eigenvalue weighted by Crippen LogP contribution is 2.40. The van der Waals surface area contributed by atoms with Crippen LogP contribution < -0.4 is 15.8 Å². The fraction of sp³-hybridized carbons (Fsp3) is 0.429. The predicted octanol–water partition coefficient (Wildman–Crippen LogP) is 1.61. The van der Waals surface area contributed by atoms with Crippen molar-refractivity contribution in [2.45, 2.75) is 44.8 Å². The predicted molar refractivity (Wildman–Crippen MR) is 164 cm³/mol.